The SMILES string of the molecule is CSC1CCCC(Nc2nccc(C#N)c2[N+](=O)[O-])C1. The van der Waals surface area contributed by atoms with Gasteiger partial charge in [-0.15, -0.1) is 0 Å². The first-order valence-electron chi connectivity index (χ1n) is 6.48. The molecule has 2 atom stereocenters. The number of rotatable bonds is 4. The molecule has 106 valence electrons. The van der Waals surface area contributed by atoms with Crippen LogP contribution < -0.4 is 5.32 Å². The highest BCUT2D eigenvalue weighted by Gasteiger charge is 2.26. The molecule has 1 aromatic heterocycles. The van der Waals surface area contributed by atoms with Gasteiger partial charge in [-0.1, -0.05) is 6.42 Å². The fraction of sp³-hybridized carbons (Fsp3) is 0.538. The number of pyridine rings is 1. The van der Waals surface area contributed by atoms with Crippen molar-refractivity contribution in [1.82, 2.24) is 4.98 Å². The van der Waals surface area contributed by atoms with Crippen LogP contribution in [0.25, 0.3) is 0 Å². The van der Waals surface area contributed by atoms with Crippen molar-refractivity contribution in [2.45, 2.75) is 37.0 Å². The van der Waals surface area contributed by atoms with Crippen LogP contribution in [-0.2, 0) is 0 Å². The number of nitrogens with one attached hydrogen (secondary N) is 1. The third kappa shape index (κ3) is 3.20. The van der Waals surface area contributed by atoms with Crippen LogP contribution in [0.2, 0.25) is 0 Å². The lowest BCUT2D eigenvalue weighted by molar-refractivity contribution is -0.384. The van der Waals surface area contributed by atoms with Gasteiger partial charge in [0.2, 0.25) is 5.82 Å². The Hall–Kier alpha value is -1.81. The molecule has 1 fully saturated rings. The van der Waals surface area contributed by atoms with Crippen molar-refractivity contribution in [2.24, 2.45) is 0 Å². The Morgan fingerprint density at radius 2 is 2.40 bits per heavy atom. The molecule has 2 unspecified atom stereocenters. The van der Waals surface area contributed by atoms with Crippen molar-refractivity contribution < 1.29 is 4.92 Å². The van der Waals surface area contributed by atoms with Crippen LogP contribution in [0.3, 0.4) is 0 Å². The number of nitriles is 1. The van der Waals surface area contributed by atoms with E-state index in [0.29, 0.717) is 5.25 Å². The summed E-state index contributed by atoms with van der Waals surface area (Å²) >= 11 is 1.83. The number of aromatic nitrogens is 1. The summed E-state index contributed by atoms with van der Waals surface area (Å²) in [5.41, 5.74) is -0.175. The predicted octanol–water partition coefficient (Wildman–Crippen LogP) is 2.95. The minimum Gasteiger partial charge on any atom is -0.362 e. The highest BCUT2D eigenvalue weighted by molar-refractivity contribution is 7.99. The molecule has 20 heavy (non-hydrogen) atoms. The van der Waals surface area contributed by atoms with Gasteiger partial charge < -0.3 is 5.32 Å². The van der Waals surface area contributed by atoms with Gasteiger partial charge >= 0.3 is 5.69 Å². The van der Waals surface area contributed by atoms with Crippen LogP contribution in [0.4, 0.5) is 11.5 Å². The lowest BCUT2D eigenvalue weighted by atomic mass is 9.95. The summed E-state index contributed by atoms with van der Waals surface area (Å²) in [5, 5.41) is 23.8. The van der Waals surface area contributed by atoms with Crippen LogP contribution in [0.15, 0.2) is 12.3 Å². The van der Waals surface area contributed by atoms with Gasteiger partial charge in [0.05, 0.1) is 4.92 Å². The maximum absolute atomic E-state index is 11.1. The van der Waals surface area contributed by atoms with Crippen molar-refractivity contribution in [1.29, 1.82) is 5.26 Å². The molecular weight excluding hydrogens is 276 g/mol. The van der Waals surface area contributed by atoms with Gasteiger partial charge in [-0.3, -0.25) is 10.1 Å². The first-order valence-corrected chi connectivity index (χ1v) is 7.77. The standard InChI is InChI=1S/C13H16N4O2S/c1-20-11-4-2-3-10(7-11)16-13-12(17(18)19)9(8-14)5-6-15-13/h5-6,10-11H,2-4,7H2,1H3,(H,15,16). The quantitative estimate of drug-likeness (QED) is 0.677. The average Bonchev–Trinajstić information content (AvgIpc) is 2.46. The molecule has 1 N–H and O–H groups in total. The second-order valence-corrected chi connectivity index (χ2v) is 5.93. The van der Waals surface area contributed by atoms with E-state index in [1.54, 1.807) is 0 Å². The topological polar surface area (TPSA) is 91.8 Å². The molecule has 0 spiro atoms. The van der Waals surface area contributed by atoms with Crippen LogP contribution in [0.1, 0.15) is 31.2 Å². The second-order valence-electron chi connectivity index (χ2n) is 4.79. The first-order chi connectivity index (χ1) is 9.65. The monoisotopic (exact) mass is 292 g/mol. The summed E-state index contributed by atoms with van der Waals surface area (Å²) < 4.78 is 0. The van der Waals surface area contributed by atoms with E-state index in [4.69, 9.17) is 5.26 Å². The van der Waals surface area contributed by atoms with Gasteiger partial charge in [-0.05, 0) is 31.6 Å². The normalized spacial score (nSPS) is 22.0. The van der Waals surface area contributed by atoms with Gasteiger partial charge in [0.15, 0.2) is 0 Å². The van der Waals surface area contributed by atoms with Crippen LogP contribution in [-0.4, -0.2) is 27.5 Å². The van der Waals surface area contributed by atoms with E-state index >= 15 is 0 Å². The van der Waals surface area contributed by atoms with E-state index < -0.39 is 4.92 Å². The maximum Gasteiger partial charge on any atom is 0.328 e. The Morgan fingerprint density at radius 1 is 1.60 bits per heavy atom. The summed E-state index contributed by atoms with van der Waals surface area (Å²) in [6.07, 6.45) is 7.76. The second kappa shape index (κ2) is 6.57. The lowest BCUT2D eigenvalue weighted by Gasteiger charge is -2.28. The van der Waals surface area contributed by atoms with Crippen LogP contribution in [0, 0.1) is 21.4 Å². The van der Waals surface area contributed by atoms with Gasteiger partial charge in [-0.2, -0.15) is 17.0 Å². The molecule has 0 aliphatic heterocycles. The minimum absolute atomic E-state index is 0.0460. The summed E-state index contributed by atoms with van der Waals surface area (Å²) in [5.74, 6) is 0.209. The molecule has 1 aromatic rings. The first kappa shape index (κ1) is 14.6. The van der Waals surface area contributed by atoms with Crippen molar-refractivity contribution >= 4 is 23.3 Å². The molecule has 1 saturated carbocycles. The number of hydrogen-bond donors (Lipinski definition) is 1. The number of nitro groups is 1. The molecule has 1 aliphatic carbocycles. The summed E-state index contributed by atoms with van der Waals surface area (Å²) in [6, 6.07) is 3.40. The number of anilines is 1. The average molecular weight is 292 g/mol. The fourth-order valence-corrected chi connectivity index (χ4v) is 3.35. The van der Waals surface area contributed by atoms with E-state index in [9.17, 15) is 10.1 Å². The van der Waals surface area contributed by atoms with Gasteiger partial charge in [0, 0.05) is 17.5 Å². The highest BCUT2D eigenvalue weighted by atomic mass is 32.2. The van der Waals surface area contributed by atoms with E-state index in [1.165, 1.54) is 18.7 Å². The van der Waals surface area contributed by atoms with Crippen molar-refractivity contribution in [3.63, 3.8) is 0 Å². The Balaban J connectivity index is 2.21. The predicted molar refractivity (Wildman–Crippen MR) is 78.8 cm³/mol. The van der Waals surface area contributed by atoms with E-state index in [2.05, 4.69) is 16.6 Å². The Kier molecular flexibility index (Phi) is 4.79. The molecular formula is C13H16N4O2S. The zero-order valence-corrected chi connectivity index (χ0v) is 12.0. The maximum atomic E-state index is 11.1. The largest absolute Gasteiger partial charge is 0.362 e. The number of thioether (sulfide) groups is 1. The van der Waals surface area contributed by atoms with Crippen molar-refractivity contribution in [3.05, 3.63) is 27.9 Å². The molecule has 6 nitrogen and oxygen atoms in total. The third-order valence-corrected chi connectivity index (χ3v) is 4.62. The van der Waals surface area contributed by atoms with E-state index in [1.807, 2.05) is 17.8 Å². The third-order valence-electron chi connectivity index (χ3n) is 3.53. The van der Waals surface area contributed by atoms with Crippen molar-refractivity contribution in [3.8, 4) is 6.07 Å². The fourth-order valence-electron chi connectivity index (χ4n) is 2.52. The molecule has 0 bridgehead atoms. The van der Waals surface area contributed by atoms with Crippen LogP contribution in [0.5, 0.6) is 0 Å². The zero-order chi connectivity index (χ0) is 14.5. The Labute approximate surface area is 121 Å². The lowest BCUT2D eigenvalue weighted by Crippen LogP contribution is -2.29. The molecule has 2 rings (SSSR count). The molecule has 0 radical (unpaired) electrons. The minimum atomic E-state index is -0.539. The Bertz CT molecular complexity index is 544. The van der Waals surface area contributed by atoms with Crippen LogP contribution >= 0.6 is 11.8 Å². The van der Waals surface area contributed by atoms with E-state index in [0.717, 1.165) is 19.3 Å². The zero-order valence-electron chi connectivity index (χ0n) is 11.2. The number of hydrogen-bond acceptors (Lipinski definition) is 6. The van der Waals surface area contributed by atoms with Gasteiger partial charge in [-0.25, -0.2) is 4.98 Å². The molecule has 0 amide bonds. The molecule has 1 heterocycles. The van der Waals surface area contributed by atoms with Gasteiger partial charge in [0.1, 0.15) is 11.6 Å². The highest BCUT2D eigenvalue weighted by Crippen LogP contribution is 2.31. The Morgan fingerprint density at radius 3 is 3.05 bits per heavy atom. The number of nitrogens with zero attached hydrogens (tertiary/aromatic N) is 3. The summed E-state index contributed by atoms with van der Waals surface area (Å²) in [4.78, 5) is 14.6. The van der Waals surface area contributed by atoms with Crippen molar-refractivity contribution in [2.75, 3.05) is 11.6 Å². The molecule has 0 saturated heterocycles. The van der Waals surface area contributed by atoms with Gasteiger partial charge in [0.25, 0.3) is 0 Å². The smallest absolute Gasteiger partial charge is 0.328 e. The summed E-state index contributed by atoms with van der Waals surface area (Å²) in [6.45, 7) is 0. The molecule has 0 aromatic carbocycles. The summed E-state index contributed by atoms with van der Waals surface area (Å²) in [7, 11) is 0. The van der Waals surface area contributed by atoms with E-state index in [-0.39, 0.29) is 23.1 Å². The molecule has 7 heteroatoms. The molecule has 1 aliphatic rings.